The first kappa shape index (κ1) is 19.7. The second-order valence-corrected chi connectivity index (χ2v) is 8.15. The molecular formula is C19H29N3O2S. The zero-order valence-corrected chi connectivity index (χ0v) is 16.6. The van der Waals surface area contributed by atoms with Gasteiger partial charge in [0.05, 0.1) is 11.9 Å². The van der Waals surface area contributed by atoms with Gasteiger partial charge in [-0.2, -0.15) is 5.10 Å². The number of benzene rings is 1. The monoisotopic (exact) mass is 363 g/mol. The van der Waals surface area contributed by atoms with E-state index in [1.165, 1.54) is 11.8 Å². The van der Waals surface area contributed by atoms with Crippen molar-refractivity contribution in [3.63, 3.8) is 0 Å². The lowest BCUT2D eigenvalue weighted by atomic mass is 9.96. The maximum atomic E-state index is 12.8. The summed E-state index contributed by atoms with van der Waals surface area (Å²) in [6.45, 7) is 10.7. The third-order valence-corrected chi connectivity index (χ3v) is 6.45. The van der Waals surface area contributed by atoms with Crippen LogP contribution in [0.1, 0.15) is 69.3 Å². The van der Waals surface area contributed by atoms with E-state index in [0.717, 1.165) is 12.0 Å². The third-order valence-electron chi connectivity index (χ3n) is 4.87. The number of nitrogens with one attached hydrogen (secondary N) is 1. The summed E-state index contributed by atoms with van der Waals surface area (Å²) in [5, 5.41) is 4.14. The molecule has 1 heterocycles. The van der Waals surface area contributed by atoms with Gasteiger partial charge in [0.1, 0.15) is 4.90 Å². The molecule has 0 unspecified atom stereocenters. The summed E-state index contributed by atoms with van der Waals surface area (Å²) in [4.78, 5) is 0.254. The minimum atomic E-state index is -3.60. The highest BCUT2D eigenvalue weighted by molar-refractivity contribution is 7.89. The summed E-state index contributed by atoms with van der Waals surface area (Å²) in [5.41, 5.74) is 2.93. The average Bonchev–Trinajstić information content (AvgIpc) is 3.00. The Morgan fingerprint density at radius 2 is 1.68 bits per heavy atom. The van der Waals surface area contributed by atoms with Crippen LogP contribution in [0.4, 0.5) is 0 Å². The van der Waals surface area contributed by atoms with Gasteiger partial charge in [-0.15, -0.1) is 0 Å². The summed E-state index contributed by atoms with van der Waals surface area (Å²) in [5.74, 6) is 0.508. The lowest BCUT2D eigenvalue weighted by Gasteiger charge is -2.18. The summed E-state index contributed by atoms with van der Waals surface area (Å²) < 4.78 is 30.1. The maximum Gasteiger partial charge on any atom is 0.244 e. The molecule has 1 N–H and O–H groups in total. The molecule has 138 valence electrons. The fraction of sp³-hybridized carbons (Fsp3) is 0.526. The summed E-state index contributed by atoms with van der Waals surface area (Å²) in [6.07, 6.45) is 3.20. The molecule has 0 aliphatic heterocycles. The average molecular weight is 364 g/mol. The predicted octanol–water partition coefficient (Wildman–Crippen LogP) is 4.15. The molecule has 0 spiro atoms. The van der Waals surface area contributed by atoms with Crippen molar-refractivity contribution in [3.05, 3.63) is 47.3 Å². The van der Waals surface area contributed by atoms with Crippen molar-refractivity contribution in [2.45, 2.75) is 70.9 Å². The Morgan fingerprint density at radius 3 is 2.16 bits per heavy atom. The Labute approximate surface area is 151 Å². The molecule has 0 radical (unpaired) electrons. The summed E-state index contributed by atoms with van der Waals surface area (Å²) in [7, 11) is -3.60. The molecule has 0 amide bonds. The van der Waals surface area contributed by atoms with Gasteiger partial charge in [-0.05, 0) is 43.7 Å². The molecule has 25 heavy (non-hydrogen) atoms. The Balaban J connectivity index is 2.24. The molecule has 0 saturated carbocycles. The molecule has 0 fully saturated rings. The van der Waals surface area contributed by atoms with E-state index in [4.69, 9.17) is 0 Å². The van der Waals surface area contributed by atoms with Crippen molar-refractivity contribution in [1.82, 2.24) is 14.5 Å². The van der Waals surface area contributed by atoms with Gasteiger partial charge in [-0.25, -0.2) is 13.1 Å². The second-order valence-electron chi connectivity index (χ2n) is 6.47. The lowest BCUT2D eigenvalue weighted by molar-refractivity contribution is 0.548. The first-order chi connectivity index (χ1) is 11.8. The molecule has 0 aliphatic rings. The van der Waals surface area contributed by atoms with Crippen molar-refractivity contribution < 1.29 is 8.42 Å². The molecule has 5 nitrogen and oxygen atoms in total. The fourth-order valence-corrected chi connectivity index (χ4v) is 4.43. The zero-order valence-electron chi connectivity index (χ0n) is 15.8. The van der Waals surface area contributed by atoms with Crippen molar-refractivity contribution in [1.29, 1.82) is 0 Å². The van der Waals surface area contributed by atoms with Gasteiger partial charge in [0.25, 0.3) is 0 Å². The topological polar surface area (TPSA) is 64.0 Å². The van der Waals surface area contributed by atoms with Crippen molar-refractivity contribution in [2.24, 2.45) is 0 Å². The molecule has 1 aromatic carbocycles. The van der Waals surface area contributed by atoms with Gasteiger partial charge in [-0.3, -0.25) is 4.68 Å². The van der Waals surface area contributed by atoms with Crippen LogP contribution < -0.4 is 4.72 Å². The Hall–Kier alpha value is -1.66. The number of aromatic nitrogens is 2. The van der Waals surface area contributed by atoms with Crippen LogP contribution in [0.5, 0.6) is 0 Å². The molecule has 0 bridgehead atoms. The third kappa shape index (κ3) is 4.30. The molecule has 2 rings (SSSR count). The highest BCUT2D eigenvalue weighted by Crippen LogP contribution is 2.25. The predicted molar refractivity (Wildman–Crippen MR) is 101 cm³/mol. The first-order valence-electron chi connectivity index (χ1n) is 8.98. The molecule has 2 aromatic rings. The number of nitrogens with zero attached hydrogens (tertiary/aromatic N) is 2. The van der Waals surface area contributed by atoms with Crippen molar-refractivity contribution >= 4 is 10.0 Å². The van der Waals surface area contributed by atoms with Crippen LogP contribution >= 0.6 is 0 Å². The van der Waals surface area contributed by atoms with Crippen LogP contribution in [0.3, 0.4) is 0 Å². The van der Waals surface area contributed by atoms with Gasteiger partial charge in [0.2, 0.25) is 10.0 Å². The number of sulfonamides is 1. The summed E-state index contributed by atoms with van der Waals surface area (Å²) >= 11 is 0. The molecule has 1 aromatic heterocycles. The number of hydrogen-bond acceptors (Lipinski definition) is 3. The number of hydrogen-bond donors (Lipinski definition) is 1. The maximum absolute atomic E-state index is 12.8. The Bertz CT molecular complexity index is 795. The standard InChI is InChI=1S/C19H29N3O2S/c1-6-14(4)16-9-11-17(12-10-16)18(7-2)21-25(23,24)19-13-20-22(8-3)15(19)5/h9-14,18,21H,6-8H2,1-5H3/t14-,18-/m1/s1. The largest absolute Gasteiger partial charge is 0.269 e. The van der Waals surface area contributed by atoms with Crippen LogP contribution in [-0.4, -0.2) is 18.2 Å². The molecule has 2 atom stereocenters. The van der Waals surface area contributed by atoms with Gasteiger partial charge >= 0.3 is 0 Å². The zero-order chi connectivity index (χ0) is 18.6. The van der Waals surface area contributed by atoms with E-state index < -0.39 is 10.0 Å². The smallest absolute Gasteiger partial charge is 0.244 e. The van der Waals surface area contributed by atoms with Gasteiger partial charge in [-0.1, -0.05) is 45.0 Å². The van der Waals surface area contributed by atoms with Gasteiger partial charge < -0.3 is 0 Å². The Kier molecular flexibility index (Phi) is 6.41. The SMILES string of the molecule is CC[C@@H](C)c1ccc([C@@H](CC)NS(=O)(=O)c2cnn(CC)c2C)cc1. The van der Waals surface area contributed by atoms with E-state index in [2.05, 4.69) is 35.8 Å². The van der Waals surface area contributed by atoms with Crippen LogP contribution in [0, 0.1) is 6.92 Å². The van der Waals surface area contributed by atoms with Crippen LogP contribution in [0.2, 0.25) is 0 Å². The highest BCUT2D eigenvalue weighted by Gasteiger charge is 2.24. The lowest BCUT2D eigenvalue weighted by Crippen LogP contribution is -2.28. The van der Waals surface area contributed by atoms with Gasteiger partial charge in [0.15, 0.2) is 0 Å². The van der Waals surface area contributed by atoms with Crippen LogP contribution in [0.15, 0.2) is 35.4 Å². The van der Waals surface area contributed by atoms with E-state index >= 15 is 0 Å². The summed E-state index contributed by atoms with van der Waals surface area (Å²) in [6, 6.07) is 8.00. The minimum absolute atomic E-state index is 0.250. The van der Waals surface area contributed by atoms with Crippen molar-refractivity contribution in [3.8, 4) is 0 Å². The minimum Gasteiger partial charge on any atom is -0.269 e. The van der Waals surface area contributed by atoms with Gasteiger partial charge in [0, 0.05) is 12.6 Å². The first-order valence-corrected chi connectivity index (χ1v) is 10.5. The van der Waals surface area contributed by atoms with E-state index in [0.29, 0.717) is 24.6 Å². The second kappa shape index (κ2) is 8.15. The normalized spacial score (nSPS) is 14.4. The van der Waals surface area contributed by atoms with Crippen LogP contribution in [-0.2, 0) is 16.6 Å². The van der Waals surface area contributed by atoms with E-state index in [-0.39, 0.29) is 10.9 Å². The van der Waals surface area contributed by atoms with Crippen molar-refractivity contribution in [2.75, 3.05) is 0 Å². The van der Waals surface area contributed by atoms with E-state index in [1.54, 1.807) is 11.6 Å². The molecule has 6 heteroatoms. The molecule has 0 aliphatic carbocycles. The Morgan fingerprint density at radius 1 is 1.08 bits per heavy atom. The fourth-order valence-electron chi connectivity index (χ4n) is 2.94. The highest BCUT2D eigenvalue weighted by atomic mass is 32.2. The molecular weight excluding hydrogens is 334 g/mol. The number of aryl methyl sites for hydroxylation is 1. The van der Waals surface area contributed by atoms with E-state index in [1.807, 2.05) is 26.0 Å². The molecule has 0 saturated heterocycles. The number of rotatable bonds is 8. The quantitative estimate of drug-likeness (QED) is 0.766. The van der Waals surface area contributed by atoms with Crippen LogP contribution in [0.25, 0.3) is 0 Å². The van der Waals surface area contributed by atoms with E-state index in [9.17, 15) is 8.42 Å².